The molecule has 0 radical (unpaired) electrons. The van der Waals surface area contributed by atoms with Crippen LogP contribution < -0.4 is 38.9 Å². The number of guanidine groups is 1. The number of aliphatic hydroxyl groups excluding tert-OH is 1. The Balaban J connectivity index is 3.17. The van der Waals surface area contributed by atoms with Crippen molar-refractivity contribution in [2.75, 3.05) is 6.54 Å². The lowest BCUT2D eigenvalue weighted by atomic mass is 10.0. The van der Waals surface area contributed by atoms with Crippen LogP contribution in [-0.2, 0) is 30.4 Å². The summed E-state index contributed by atoms with van der Waals surface area (Å²) >= 11 is 0. The molecule has 1 aromatic carbocycles. The fraction of sp³-hybridized carbons (Fsp3) is 0.478. The maximum atomic E-state index is 13.2. The number of carboxylic acids is 1. The molecule has 0 spiro atoms. The molecular formula is C23H36N8O7. The lowest BCUT2D eigenvalue weighted by Gasteiger charge is -2.25. The molecule has 0 heterocycles. The van der Waals surface area contributed by atoms with Gasteiger partial charge in [-0.1, -0.05) is 30.3 Å². The number of aliphatic imine (C=N–C) groups is 1. The van der Waals surface area contributed by atoms with Gasteiger partial charge in [-0.2, -0.15) is 0 Å². The normalized spacial score (nSPS) is 14.6. The lowest BCUT2D eigenvalue weighted by molar-refractivity contribution is -0.143. The predicted octanol–water partition coefficient (Wildman–Crippen LogP) is -3.59. The maximum Gasteiger partial charge on any atom is 0.326 e. The fourth-order valence-corrected chi connectivity index (χ4v) is 3.26. The van der Waals surface area contributed by atoms with Crippen LogP contribution in [0.2, 0.25) is 0 Å². The Morgan fingerprint density at radius 2 is 1.45 bits per heavy atom. The first kappa shape index (κ1) is 31.8. The molecule has 210 valence electrons. The van der Waals surface area contributed by atoms with Gasteiger partial charge in [0.05, 0.1) is 12.5 Å². The van der Waals surface area contributed by atoms with Gasteiger partial charge in [0.2, 0.25) is 23.6 Å². The number of amides is 4. The molecule has 15 nitrogen and oxygen atoms in total. The molecule has 4 amide bonds. The molecular weight excluding hydrogens is 500 g/mol. The second-order valence-electron chi connectivity index (χ2n) is 8.60. The average molecular weight is 537 g/mol. The number of carboxylic acid groups (broad SMARTS) is 1. The van der Waals surface area contributed by atoms with E-state index in [1.807, 2.05) is 0 Å². The van der Waals surface area contributed by atoms with E-state index in [4.69, 9.17) is 22.9 Å². The van der Waals surface area contributed by atoms with Crippen molar-refractivity contribution in [2.45, 2.75) is 62.9 Å². The molecule has 0 saturated heterocycles. The molecule has 0 aliphatic carbocycles. The van der Waals surface area contributed by atoms with E-state index in [0.29, 0.717) is 5.56 Å². The van der Waals surface area contributed by atoms with E-state index in [2.05, 4.69) is 20.9 Å². The zero-order chi connectivity index (χ0) is 28.8. The summed E-state index contributed by atoms with van der Waals surface area (Å²) in [5.74, 6) is -5.06. The molecule has 1 rings (SSSR count). The van der Waals surface area contributed by atoms with Gasteiger partial charge >= 0.3 is 5.97 Å². The number of rotatable bonds is 16. The molecule has 1 aromatic rings. The maximum absolute atomic E-state index is 13.2. The van der Waals surface area contributed by atoms with Crippen molar-refractivity contribution in [1.29, 1.82) is 0 Å². The zero-order valence-electron chi connectivity index (χ0n) is 21.0. The zero-order valence-corrected chi connectivity index (χ0v) is 21.0. The lowest BCUT2D eigenvalue weighted by Crippen LogP contribution is -2.58. The highest BCUT2D eigenvalue weighted by molar-refractivity contribution is 5.95. The number of aliphatic carboxylic acids is 1. The van der Waals surface area contributed by atoms with E-state index in [9.17, 15) is 34.2 Å². The van der Waals surface area contributed by atoms with Gasteiger partial charge in [0, 0.05) is 13.0 Å². The van der Waals surface area contributed by atoms with Crippen molar-refractivity contribution in [3.05, 3.63) is 35.9 Å². The number of nitrogens with two attached hydrogens (primary N) is 4. The Kier molecular flexibility index (Phi) is 13.2. The molecule has 15 heteroatoms. The van der Waals surface area contributed by atoms with Crippen LogP contribution in [0.3, 0.4) is 0 Å². The second-order valence-corrected chi connectivity index (χ2v) is 8.60. The third-order valence-corrected chi connectivity index (χ3v) is 5.34. The topological polar surface area (TPSA) is 278 Å². The van der Waals surface area contributed by atoms with Crippen molar-refractivity contribution in [2.24, 2.45) is 27.9 Å². The van der Waals surface area contributed by atoms with Gasteiger partial charge in [-0.25, -0.2) is 4.79 Å². The minimum absolute atomic E-state index is 0.0385. The minimum Gasteiger partial charge on any atom is -0.480 e. The summed E-state index contributed by atoms with van der Waals surface area (Å²) in [7, 11) is 0. The summed E-state index contributed by atoms with van der Waals surface area (Å²) < 4.78 is 0. The van der Waals surface area contributed by atoms with Crippen LogP contribution in [0.1, 0.15) is 31.7 Å². The summed E-state index contributed by atoms with van der Waals surface area (Å²) in [6, 6.07) is 3.13. The molecule has 5 atom stereocenters. The quantitative estimate of drug-likeness (QED) is 0.0568. The number of primary amides is 1. The highest BCUT2D eigenvalue weighted by atomic mass is 16.4. The molecule has 0 saturated carbocycles. The van der Waals surface area contributed by atoms with Crippen molar-refractivity contribution >= 4 is 35.6 Å². The van der Waals surface area contributed by atoms with Crippen molar-refractivity contribution in [3.63, 3.8) is 0 Å². The molecule has 0 fully saturated rings. The van der Waals surface area contributed by atoms with Crippen LogP contribution >= 0.6 is 0 Å². The van der Waals surface area contributed by atoms with Gasteiger partial charge in [-0.15, -0.1) is 0 Å². The molecule has 0 aliphatic heterocycles. The van der Waals surface area contributed by atoms with Crippen LogP contribution in [0.25, 0.3) is 0 Å². The number of nitrogens with zero attached hydrogens (tertiary/aromatic N) is 1. The summed E-state index contributed by atoms with van der Waals surface area (Å²) in [5.41, 5.74) is 22.0. The minimum atomic E-state index is -1.62. The van der Waals surface area contributed by atoms with Crippen molar-refractivity contribution in [3.8, 4) is 0 Å². The van der Waals surface area contributed by atoms with Gasteiger partial charge in [0.1, 0.15) is 24.2 Å². The molecule has 0 aromatic heterocycles. The van der Waals surface area contributed by atoms with E-state index in [-0.39, 0.29) is 31.8 Å². The van der Waals surface area contributed by atoms with Crippen LogP contribution in [0.5, 0.6) is 0 Å². The number of hydrogen-bond acceptors (Lipinski definition) is 8. The van der Waals surface area contributed by atoms with Crippen LogP contribution in [-0.4, -0.2) is 82.6 Å². The van der Waals surface area contributed by atoms with E-state index in [1.165, 1.54) is 6.92 Å². The number of carbonyl (C=O) groups excluding carboxylic acids is 4. The van der Waals surface area contributed by atoms with Gasteiger partial charge in [0.15, 0.2) is 5.96 Å². The number of aliphatic hydroxyl groups is 1. The van der Waals surface area contributed by atoms with Gasteiger partial charge in [-0.05, 0) is 25.3 Å². The summed E-state index contributed by atoms with van der Waals surface area (Å²) in [6.07, 6.45) is -1.60. The van der Waals surface area contributed by atoms with Crippen molar-refractivity contribution < 1.29 is 34.2 Å². The molecule has 0 bridgehead atoms. The van der Waals surface area contributed by atoms with Crippen LogP contribution in [0.4, 0.5) is 0 Å². The Morgan fingerprint density at radius 1 is 0.895 bits per heavy atom. The number of hydrogen-bond donors (Lipinski definition) is 9. The first-order valence-corrected chi connectivity index (χ1v) is 11.8. The third kappa shape index (κ3) is 11.7. The smallest absolute Gasteiger partial charge is 0.326 e. The molecule has 0 aliphatic rings. The second kappa shape index (κ2) is 15.8. The Bertz CT molecular complexity index is 999. The average Bonchev–Trinajstić information content (AvgIpc) is 2.84. The number of nitrogens with one attached hydrogen (secondary N) is 3. The monoisotopic (exact) mass is 536 g/mol. The van der Waals surface area contributed by atoms with Gasteiger partial charge in [0.25, 0.3) is 0 Å². The summed E-state index contributed by atoms with van der Waals surface area (Å²) in [4.78, 5) is 65.3. The first-order valence-electron chi connectivity index (χ1n) is 11.8. The number of benzene rings is 1. The highest BCUT2D eigenvalue weighted by Crippen LogP contribution is 2.07. The Hall–Kier alpha value is -4.24. The largest absolute Gasteiger partial charge is 0.480 e. The van der Waals surface area contributed by atoms with E-state index in [1.54, 1.807) is 30.3 Å². The van der Waals surface area contributed by atoms with E-state index in [0.717, 1.165) is 0 Å². The van der Waals surface area contributed by atoms with Crippen LogP contribution in [0, 0.1) is 0 Å². The Labute approximate surface area is 219 Å². The number of carbonyl (C=O) groups is 5. The molecule has 13 N–H and O–H groups in total. The standard InChI is InChI=1S/C23H36N8O7/c1-12(32)18(25)21(36)29-14(8-5-9-28-23(26)27)19(34)30-15(10-13-6-3-2-4-7-13)20(35)31-16(22(37)38)11-17(24)33/h2-4,6-7,12,14-16,18,32H,5,8-11,25H2,1H3,(H2,24,33)(H,29,36)(H,30,34)(H,31,35)(H,37,38)(H4,26,27,28). The molecule has 38 heavy (non-hydrogen) atoms. The van der Waals surface area contributed by atoms with Gasteiger partial charge in [-0.3, -0.25) is 24.2 Å². The highest BCUT2D eigenvalue weighted by Gasteiger charge is 2.31. The SMILES string of the molecule is CC(O)C(N)C(=O)NC(CCCN=C(N)N)C(=O)NC(Cc1ccccc1)C(=O)NC(CC(N)=O)C(=O)O. The fourth-order valence-electron chi connectivity index (χ4n) is 3.26. The van der Waals surface area contributed by atoms with E-state index < -0.39 is 66.3 Å². The molecule has 5 unspecified atom stereocenters. The van der Waals surface area contributed by atoms with Gasteiger partial charge < -0.3 is 49.1 Å². The summed E-state index contributed by atoms with van der Waals surface area (Å²) in [5, 5.41) is 26.2. The van der Waals surface area contributed by atoms with E-state index >= 15 is 0 Å². The Morgan fingerprint density at radius 3 is 1.97 bits per heavy atom. The summed E-state index contributed by atoms with van der Waals surface area (Å²) in [6.45, 7) is 1.45. The first-order chi connectivity index (χ1) is 17.8. The van der Waals surface area contributed by atoms with Crippen molar-refractivity contribution in [1.82, 2.24) is 16.0 Å². The third-order valence-electron chi connectivity index (χ3n) is 5.34. The van der Waals surface area contributed by atoms with Crippen LogP contribution in [0.15, 0.2) is 35.3 Å². The predicted molar refractivity (Wildman–Crippen MR) is 137 cm³/mol.